The van der Waals surface area contributed by atoms with Crippen LogP contribution in [-0.2, 0) is 0 Å². The Morgan fingerprint density at radius 3 is 2.70 bits per heavy atom. The van der Waals surface area contributed by atoms with E-state index in [1.54, 1.807) is 25.5 Å². The lowest BCUT2D eigenvalue weighted by molar-refractivity contribution is 0.316. The maximum absolute atomic E-state index is 6.21. The average molecular weight is 312 g/mol. The van der Waals surface area contributed by atoms with Gasteiger partial charge < -0.3 is 10.1 Å². The van der Waals surface area contributed by atoms with Gasteiger partial charge in [0.25, 0.3) is 0 Å². The molecule has 2 rings (SSSR count). The number of nitrogens with zero attached hydrogens (tertiary/aromatic N) is 2. The van der Waals surface area contributed by atoms with E-state index in [9.17, 15) is 0 Å². The molecule has 0 bridgehead atoms. The zero-order valence-corrected chi connectivity index (χ0v) is 12.8. The first-order chi connectivity index (χ1) is 9.65. The Morgan fingerprint density at radius 2 is 2.00 bits per heavy atom. The minimum atomic E-state index is 0.475. The van der Waals surface area contributed by atoms with E-state index >= 15 is 0 Å². The highest BCUT2D eigenvalue weighted by Gasteiger charge is 2.11. The van der Waals surface area contributed by atoms with E-state index in [1.165, 1.54) is 0 Å². The first-order valence-corrected chi connectivity index (χ1v) is 7.03. The summed E-state index contributed by atoms with van der Waals surface area (Å²) in [6.07, 6.45) is 4.30. The molecule has 0 atom stereocenters. The van der Waals surface area contributed by atoms with E-state index in [0.29, 0.717) is 33.9 Å². The number of pyridine rings is 2. The van der Waals surface area contributed by atoms with Crippen molar-refractivity contribution in [2.24, 2.45) is 0 Å². The zero-order chi connectivity index (χ0) is 14.5. The number of hydrogen-bond donors (Lipinski definition) is 1. The lowest BCUT2D eigenvalue weighted by atomic mass is 10.2. The van der Waals surface area contributed by atoms with Gasteiger partial charge in [-0.05, 0) is 18.6 Å². The van der Waals surface area contributed by atoms with Crippen LogP contribution >= 0.6 is 23.2 Å². The molecule has 2 aromatic rings. The Hall–Kier alpha value is -1.52. The van der Waals surface area contributed by atoms with Gasteiger partial charge in [-0.3, -0.25) is 4.98 Å². The molecule has 4 nitrogen and oxygen atoms in total. The molecule has 0 aliphatic carbocycles. The van der Waals surface area contributed by atoms with E-state index < -0.39 is 0 Å². The topological polar surface area (TPSA) is 47.0 Å². The summed E-state index contributed by atoms with van der Waals surface area (Å²) in [4.78, 5) is 8.57. The van der Waals surface area contributed by atoms with E-state index in [-0.39, 0.29) is 0 Å². The number of aromatic nitrogens is 2. The van der Waals surface area contributed by atoms with Crippen LogP contribution in [0.15, 0.2) is 24.5 Å². The van der Waals surface area contributed by atoms with Gasteiger partial charge in [-0.25, -0.2) is 4.98 Å². The zero-order valence-electron chi connectivity index (χ0n) is 11.3. The van der Waals surface area contributed by atoms with Gasteiger partial charge in [0.05, 0.1) is 28.5 Å². The molecule has 106 valence electrons. The van der Waals surface area contributed by atoms with Gasteiger partial charge in [0, 0.05) is 18.8 Å². The molecule has 0 aliphatic heterocycles. The van der Waals surface area contributed by atoms with Crippen molar-refractivity contribution in [1.29, 1.82) is 0 Å². The Kier molecular flexibility index (Phi) is 5.04. The fourth-order valence-corrected chi connectivity index (χ4v) is 2.25. The van der Waals surface area contributed by atoms with Crippen molar-refractivity contribution in [3.63, 3.8) is 0 Å². The van der Waals surface area contributed by atoms with Crippen LogP contribution in [0, 0.1) is 0 Å². The Balaban J connectivity index is 2.40. The van der Waals surface area contributed by atoms with Gasteiger partial charge in [0.2, 0.25) is 0 Å². The van der Waals surface area contributed by atoms with Crippen molar-refractivity contribution >= 4 is 29.0 Å². The average Bonchev–Trinajstić information content (AvgIpc) is 2.45. The number of halogens is 2. The maximum atomic E-state index is 6.21. The largest absolute Gasteiger partial charge is 0.492 e. The third-order valence-corrected chi connectivity index (χ3v) is 3.20. The van der Waals surface area contributed by atoms with E-state index in [0.717, 1.165) is 12.0 Å². The summed E-state index contributed by atoms with van der Waals surface area (Å²) in [6, 6.07) is 3.53. The summed E-state index contributed by atoms with van der Waals surface area (Å²) in [5.41, 5.74) is 1.41. The molecule has 0 amide bonds. The number of hydrogen-bond acceptors (Lipinski definition) is 4. The third kappa shape index (κ3) is 3.32. The van der Waals surface area contributed by atoms with Crippen LogP contribution in [0.4, 0.5) is 5.82 Å². The molecule has 0 fully saturated rings. The van der Waals surface area contributed by atoms with E-state index in [1.807, 2.05) is 13.0 Å². The summed E-state index contributed by atoms with van der Waals surface area (Å²) in [5.74, 6) is 1.27. The summed E-state index contributed by atoms with van der Waals surface area (Å²) in [7, 11) is 1.75. The second-order valence-corrected chi connectivity index (χ2v) is 4.97. The van der Waals surface area contributed by atoms with Gasteiger partial charge in [0.1, 0.15) is 11.6 Å². The molecule has 2 heterocycles. The Morgan fingerprint density at radius 1 is 1.20 bits per heavy atom. The predicted molar refractivity (Wildman–Crippen MR) is 82.8 cm³/mol. The highest BCUT2D eigenvalue weighted by Crippen LogP contribution is 2.33. The molecule has 0 saturated heterocycles. The van der Waals surface area contributed by atoms with E-state index in [4.69, 9.17) is 27.9 Å². The minimum absolute atomic E-state index is 0.475. The number of nitrogens with one attached hydrogen (secondary N) is 1. The van der Waals surface area contributed by atoms with Gasteiger partial charge in [-0.2, -0.15) is 0 Å². The first kappa shape index (κ1) is 14.9. The quantitative estimate of drug-likeness (QED) is 0.895. The molecular formula is C14H15Cl2N3O. The molecule has 0 saturated carbocycles. The maximum Gasteiger partial charge on any atom is 0.145 e. The van der Waals surface area contributed by atoms with Gasteiger partial charge in [-0.1, -0.05) is 30.1 Å². The molecule has 20 heavy (non-hydrogen) atoms. The highest BCUT2D eigenvalue weighted by molar-refractivity contribution is 6.37. The highest BCUT2D eigenvalue weighted by atomic mass is 35.5. The number of rotatable bonds is 5. The van der Waals surface area contributed by atoms with Crippen LogP contribution in [0.25, 0.3) is 11.3 Å². The monoisotopic (exact) mass is 311 g/mol. The van der Waals surface area contributed by atoms with Crippen molar-refractivity contribution in [1.82, 2.24) is 9.97 Å². The Labute approximate surface area is 128 Å². The number of anilines is 1. The molecule has 1 N–H and O–H groups in total. The third-order valence-electron chi connectivity index (χ3n) is 2.63. The molecule has 0 aliphatic rings. The second kappa shape index (κ2) is 6.77. The lowest BCUT2D eigenvalue weighted by Crippen LogP contribution is -1.98. The molecule has 2 aromatic heterocycles. The van der Waals surface area contributed by atoms with Crippen LogP contribution in [-0.4, -0.2) is 23.6 Å². The van der Waals surface area contributed by atoms with Crippen molar-refractivity contribution < 1.29 is 4.74 Å². The predicted octanol–water partition coefficient (Wildman–Crippen LogP) is 4.28. The normalized spacial score (nSPS) is 10.4. The minimum Gasteiger partial charge on any atom is -0.492 e. The molecule has 6 heteroatoms. The molecule has 0 spiro atoms. The smallest absolute Gasteiger partial charge is 0.145 e. The van der Waals surface area contributed by atoms with Crippen molar-refractivity contribution in [2.75, 3.05) is 19.0 Å². The van der Waals surface area contributed by atoms with Crippen molar-refractivity contribution in [2.45, 2.75) is 13.3 Å². The first-order valence-electron chi connectivity index (χ1n) is 6.27. The van der Waals surface area contributed by atoms with Crippen LogP contribution < -0.4 is 10.1 Å². The summed E-state index contributed by atoms with van der Waals surface area (Å²) >= 11 is 12.2. The standard InChI is InChI=1S/C14H15Cl2N3O/c1-3-4-20-10-5-9(7-18-8-10)13-11(15)6-12(16)14(17-2)19-13/h5-8H,3-4H2,1-2H3,(H,17,19). The fourth-order valence-electron chi connectivity index (χ4n) is 1.69. The summed E-state index contributed by atoms with van der Waals surface area (Å²) < 4.78 is 5.56. The summed E-state index contributed by atoms with van der Waals surface area (Å²) in [6.45, 7) is 2.70. The lowest BCUT2D eigenvalue weighted by Gasteiger charge is -2.10. The molecular weight excluding hydrogens is 297 g/mol. The Bertz CT molecular complexity index is 605. The van der Waals surface area contributed by atoms with Crippen LogP contribution in [0.3, 0.4) is 0 Å². The van der Waals surface area contributed by atoms with Gasteiger partial charge >= 0.3 is 0 Å². The molecule has 0 radical (unpaired) electrons. The number of ether oxygens (including phenoxy) is 1. The fraction of sp³-hybridized carbons (Fsp3) is 0.286. The second-order valence-electron chi connectivity index (χ2n) is 4.16. The molecule has 0 unspecified atom stereocenters. The molecule has 0 aromatic carbocycles. The van der Waals surface area contributed by atoms with Crippen LogP contribution in [0.2, 0.25) is 10.0 Å². The SMILES string of the molecule is CCCOc1cncc(-c2nc(NC)c(Cl)cc2Cl)c1. The van der Waals surface area contributed by atoms with Gasteiger partial charge in [0.15, 0.2) is 0 Å². The van der Waals surface area contributed by atoms with Crippen molar-refractivity contribution in [3.8, 4) is 17.0 Å². The van der Waals surface area contributed by atoms with E-state index in [2.05, 4.69) is 15.3 Å². The van der Waals surface area contributed by atoms with Crippen LogP contribution in [0.5, 0.6) is 5.75 Å². The van der Waals surface area contributed by atoms with Crippen molar-refractivity contribution in [3.05, 3.63) is 34.6 Å². The summed E-state index contributed by atoms with van der Waals surface area (Å²) in [5, 5.41) is 3.88. The van der Waals surface area contributed by atoms with Crippen LogP contribution in [0.1, 0.15) is 13.3 Å². The van der Waals surface area contributed by atoms with Gasteiger partial charge in [-0.15, -0.1) is 0 Å².